The Kier molecular flexibility index (Phi) is 3.28. The van der Waals surface area contributed by atoms with Crippen molar-refractivity contribution in [1.82, 2.24) is 0 Å². The third-order valence-corrected chi connectivity index (χ3v) is 2.37. The second-order valence-corrected chi connectivity index (χ2v) is 5.12. The van der Waals surface area contributed by atoms with Crippen LogP contribution in [0, 0.1) is 0 Å². The lowest BCUT2D eigenvalue weighted by atomic mass is 10.1. The van der Waals surface area contributed by atoms with Crippen molar-refractivity contribution < 1.29 is 9.53 Å². The van der Waals surface area contributed by atoms with Crippen molar-refractivity contribution in [2.45, 2.75) is 32.8 Å². The first-order chi connectivity index (χ1) is 8.46. The van der Waals surface area contributed by atoms with Crippen molar-refractivity contribution in [2.24, 2.45) is 10.2 Å². The SMILES string of the molecule is CC(C)(C)OC(=O)C1=NN=c2ccccc2=CC1. The van der Waals surface area contributed by atoms with Gasteiger partial charge in [0.2, 0.25) is 0 Å². The Morgan fingerprint density at radius 3 is 2.67 bits per heavy atom. The first-order valence-electron chi connectivity index (χ1n) is 5.89. The lowest BCUT2D eigenvalue weighted by Crippen LogP contribution is -2.28. The van der Waals surface area contributed by atoms with E-state index in [4.69, 9.17) is 4.74 Å². The van der Waals surface area contributed by atoms with E-state index in [9.17, 15) is 4.79 Å². The predicted molar refractivity (Wildman–Crippen MR) is 69.6 cm³/mol. The summed E-state index contributed by atoms with van der Waals surface area (Å²) in [5.41, 5.74) is -0.181. The number of ether oxygens (including phenoxy) is 1. The summed E-state index contributed by atoms with van der Waals surface area (Å²) in [6, 6.07) is 7.65. The lowest BCUT2D eigenvalue weighted by Gasteiger charge is -2.19. The minimum absolute atomic E-state index is 0.334. The molecule has 1 aromatic rings. The topological polar surface area (TPSA) is 51.0 Å². The number of fused-ring (bicyclic) bond motifs is 1. The average Bonchev–Trinajstić information content (AvgIpc) is 2.49. The van der Waals surface area contributed by atoms with Gasteiger partial charge in [-0.2, -0.15) is 5.10 Å². The lowest BCUT2D eigenvalue weighted by molar-refractivity contribution is -0.146. The van der Waals surface area contributed by atoms with Crippen LogP contribution in [0.5, 0.6) is 0 Å². The van der Waals surface area contributed by atoms with Gasteiger partial charge >= 0.3 is 5.97 Å². The number of rotatable bonds is 1. The summed E-state index contributed by atoms with van der Waals surface area (Å²) in [4.78, 5) is 11.9. The quantitative estimate of drug-likeness (QED) is 0.697. The van der Waals surface area contributed by atoms with Crippen LogP contribution < -0.4 is 10.6 Å². The van der Waals surface area contributed by atoms with Gasteiger partial charge in [0.25, 0.3) is 0 Å². The second kappa shape index (κ2) is 4.72. The van der Waals surface area contributed by atoms with E-state index in [1.807, 2.05) is 51.1 Å². The molecule has 2 rings (SSSR count). The molecule has 18 heavy (non-hydrogen) atoms. The summed E-state index contributed by atoms with van der Waals surface area (Å²) < 4.78 is 5.28. The Bertz CT molecular complexity index is 609. The first kappa shape index (κ1) is 12.5. The molecule has 0 saturated carbocycles. The summed E-state index contributed by atoms with van der Waals surface area (Å²) in [6.07, 6.45) is 2.38. The standard InChI is InChI=1S/C14H16N2O2/c1-14(2,3)18-13(17)12-9-8-10-6-4-5-7-11(10)15-16-12/h4-8H,9H2,1-3H3. The minimum Gasteiger partial charge on any atom is -0.455 e. The summed E-state index contributed by atoms with van der Waals surface area (Å²) in [6.45, 7) is 5.49. The molecule has 0 radical (unpaired) electrons. The van der Waals surface area contributed by atoms with E-state index in [1.54, 1.807) is 0 Å². The van der Waals surface area contributed by atoms with Crippen molar-refractivity contribution in [2.75, 3.05) is 0 Å². The maximum Gasteiger partial charge on any atom is 0.355 e. The molecule has 1 aliphatic rings. The van der Waals surface area contributed by atoms with Crippen LogP contribution in [0.15, 0.2) is 34.5 Å². The fourth-order valence-corrected chi connectivity index (χ4v) is 1.57. The zero-order valence-corrected chi connectivity index (χ0v) is 10.8. The number of hydrogen-bond donors (Lipinski definition) is 0. The molecule has 0 unspecified atom stereocenters. The van der Waals surface area contributed by atoms with Gasteiger partial charge in [-0.25, -0.2) is 4.79 Å². The molecule has 0 amide bonds. The third kappa shape index (κ3) is 3.03. The van der Waals surface area contributed by atoms with Gasteiger partial charge in [0.05, 0.1) is 5.36 Å². The molecule has 4 nitrogen and oxygen atoms in total. The van der Waals surface area contributed by atoms with Crippen LogP contribution in [0.2, 0.25) is 0 Å². The van der Waals surface area contributed by atoms with Gasteiger partial charge in [-0.05, 0) is 32.1 Å². The van der Waals surface area contributed by atoms with Crippen LogP contribution in [-0.2, 0) is 9.53 Å². The van der Waals surface area contributed by atoms with Crippen LogP contribution in [0.25, 0.3) is 6.08 Å². The van der Waals surface area contributed by atoms with E-state index in [-0.39, 0.29) is 0 Å². The van der Waals surface area contributed by atoms with Crippen LogP contribution in [0.1, 0.15) is 27.2 Å². The van der Waals surface area contributed by atoms with Gasteiger partial charge in [-0.3, -0.25) is 0 Å². The highest BCUT2D eigenvalue weighted by atomic mass is 16.6. The molecule has 0 atom stereocenters. The Morgan fingerprint density at radius 1 is 1.22 bits per heavy atom. The smallest absolute Gasteiger partial charge is 0.355 e. The van der Waals surface area contributed by atoms with E-state index in [0.717, 1.165) is 10.6 Å². The van der Waals surface area contributed by atoms with Gasteiger partial charge in [-0.1, -0.05) is 24.3 Å². The molecule has 0 fully saturated rings. The zero-order chi connectivity index (χ0) is 13.2. The molecule has 1 aliphatic heterocycles. The van der Waals surface area contributed by atoms with Gasteiger partial charge in [0, 0.05) is 6.42 Å². The molecule has 1 aromatic carbocycles. The van der Waals surface area contributed by atoms with Crippen molar-refractivity contribution in [3.63, 3.8) is 0 Å². The highest BCUT2D eigenvalue weighted by molar-refractivity contribution is 6.37. The van der Waals surface area contributed by atoms with Crippen molar-refractivity contribution in [3.8, 4) is 0 Å². The van der Waals surface area contributed by atoms with Gasteiger partial charge in [0.1, 0.15) is 5.60 Å². The van der Waals surface area contributed by atoms with Crippen LogP contribution in [0.4, 0.5) is 0 Å². The average molecular weight is 244 g/mol. The molecule has 0 bridgehead atoms. The molecule has 1 heterocycles. The van der Waals surface area contributed by atoms with Crippen LogP contribution in [-0.4, -0.2) is 17.3 Å². The van der Waals surface area contributed by atoms with Crippen molar-refractivity contribution in [1.29, 1.82) is 0 Å². The number of esters is 1. The van der Waals surface area contributed by atoms with E-state index in [1.165, 1.54) is 0 Å². The Labute approximate surface area is 106 Å². The summed E-state index contributed by atoms with van der Waals surface area (Å²) in [5.74, 6) is -0.407. The monoisotopic (exact) mass is 244 g/mol. The zero-order valence-electron chi connectivity index (χ0n) is 10.8. The van der Waals surface area contributed by atoms with E-state index >= 15 is 0 Å². The minimum atomic E-state index is -0.515. The first-order valence-corrected chi connectivity index (χ1v) is 5.89. The number of benzene rings is 1. The molecule has 4 heteroatoms. The number of carbonyl (C=O) groups excluding carboxylic acids is 1. The molecule has 0 saturated heterocycles. The molecule has 0 aliphatic carbocycles. The molecule has 0 aromatic heterocycles. The normalized spacial score (nSPS) is 14.5. The largest absolute Gasteiger partial charge is 0.455 e. The maximum absolute atomic E-state index is 11.9. The van der Waals surface area contributed by atoms with Crippen LogP contribution in [0.3, 0.4) is 0 Å². The van der Waals surface area contributed by atoms with Gasteiger partial charge in [-0.15, -0.1) is 5.10 Å². The number of carbonyl (C=O) groups is 1. The van der Waals surface area contributed by atoms with Crippen molar-refractivity contribution in [3.05, 3.63) is 34.8 Å². The van der Waals surface area contributed by atoms with E-state index in [0.29, 0.717) is 12.1 Å². The van der Waals surface area contributed by atoms with E-state index < -0.39 is 11.6 Å². The fourth-order valence-electron chi connectivity index (χ4n) is 1.57. The number of nitrogens with zero attached hydrogens (tertiary/aromatic N) is 2. The highest BCUT2D eigenvalue weighted by Crippen LogP contribution is 2.09. The predicted octanol–water partition coefficient (Wildman–Crippen LogP) is 1.19. The number of hydrogen-bond acceptors (Lipinski definition) is 4. The third-order valence-electron chi connectivity index (χ3n) is 2.37. The molecular weight excluding hydrogens is 228 g/mol. The Hall–Kier alpha value is -1.97. The Balaban J connectivity index is 2.27. The van der Waals surface area contributed by atoms with Gasteiger partial charge in [0.15, 0.2) is 5.71 Å². The van der Waals surface area contributed by atoms with Gasteiger partial charge < -0.3 is 4.74 Å². The summed E-state index contributed by atoms with van der Waals surface area (Å²) in [5, 5.41) is 9.82. The highest BCUT2D eigenvalue weighted by Gasteiger charge is 2.21. The molecule has 0 spiro atoms. The maximum atomic E-state index is 11.9. The van der Waals surface area contributed by atoms with Crippen molar-refractivity contribution >= 4 is 17.8 Å². The summed E-state index contributed by atoms with van der Waals surface area (Å²) in [7, 11) is 0. The van der Waals surface area contributed by atoms with Crippen LogP contribution >= 0.6 is 0 Å². The second-order valence-electron chi connectivity index (χ2n) is 5.12. The molecular formula is C14H16N2O2. The molecule has 94 valence electrons. The fraction of sp³-hybridized carbons (Fsp3) is 0.357. The molecule has 0 N–H and O–H groups in total. The summed E-state index contributed by atoms with van der Waals surface area (Å²) >= 11 is 0. The van der Waals surface area contributed by atoms with E-state index in [2.05, 4.69) is 10.2 Å². The Morgan fingerprint density at radius 2 is 1.94 bits per heavy atom.